The maximum atomic E-state index is 10.2. The molecule has 12 atom stereocenters. The molecule has 0 saturated heterocycles. The van der Waals surface area contributed by atoms with Crippen LogP contribution in [0.25, 0.3) is 0 Å². The molecule has 0 aromatic rings. The van der Waals surface area contributed by atoms with E-state index < -0.39 is 49.5 Å². The average molecular weight is 1260 g/mol. The van der Waals surface area contributed by atoms with E-state index in [1.807, 2.05) is 0 Å². The monoisotopic (exact) mass is 1260 g/mol. The maximum Gasteiger partial charge on any atom is 6.00 e. The molecule has 0 fully saturated rings. The van der Waals surface area contributed by atoms with Crippen LogP contribution in [0.5, 0.6) is 0 Å². The third-order valence-corrected chi connectivity index (χ3v) is 14.1. The van der Waals surface area contributed by atoms with Crippen LogP contribution >= 0.6 is 49.5 Å². The minimum Gasteiger partial charge on any atom is -0.781 e. The number of hydrogen-bond acceptors (Lipinski definition) is 18. The van der Waals surface area contributed by atoms with E-state index in [0.29, 0.717) is 0 Å². The predicted octanol–water partition coefficient (Wildman–Crippen LogP) is 12.7. The van der Waals surface area contributed by atoms with Crippen LogP contribution in [-0.4, -0.2) is 36.6 Å². The summed E-state index contributed by atoms with van der Waals surface area (Å²) in [4.78, 5) is 60.9. The summed E-state index contributed by atoms with van der Waals surface area (Å²) >= 11 is 0. The van der Waals surface area contributed by atoms with Gasteiger partial charge >= 0.3 is 21.1 Å². The van der Waals surface area contributed by atoms with Gasteiger partial charge in [0.05, 0.1) is 36.6 Å². The van der Waals surface area contributed by atoms with Crippen molar-refractivity contribution in [3.63, 3.8) is 0 Å². The van der Waals surface area contributed by atoms with Crippen LogP contribution in [0.1, 0.15) is 276 Å². The summed E-state index contributed by atoms with van der Waals surface area (Å²) in [6.45, 7) is 23.7. The van der Waals surface area contributed by atoms with Crippen LogP contribution in [0.3, 0.4) is 0 Å². The van der Waals surface area contributed by atoms with Crippen molar-refractivity contribution in [2.45, 2.75) is 312 Å². The normalized spacial score (nSPS) is 15.7. The fourth-order valence-corrected chi connectivity index (χ4v) is 9.17. The van der Waals surface area contributed by atoms with Gasteiger partial charge in [-0.2, -0.15) is 0 Å². The summed E-state index contributed by atoms with van der Waals surface area (Å²) in [5.74, 6) is 0. The Kier molecular flexibility index (Phi) is 86.7. The second kappa shape index (κ2) is 71.6. The summed E-state index contributed by atoms with van der Waals surface area (Å²) in [5.41, 5.74) is 0. The van der Waals surface area contributed by atoms with Crippen molar-refractivity contribution < 1.29 is 105 Å². The van der Waals surface area contributed by atoms with Gasteiger partial charge in [-0.15, -0.1) is 0 Å². The van der Waals surface area contributed by atoms with Crippen LogP contribution in [0, 0.1) is 0 Å². The zero-order chi connectivity index (χ0) is 56.4. The van der Waals surface area contributed by atoms with Crippen molar-refractivity contribution in [1.82, 2.24) is 0 Å². The first-order valence-corrected chi connectivity index (χ1v) is 34.6. The molecular formula is C48H108MoO18P6. The minimum absolute atomic E-state index is 0. The maximum absolute atomic E-state index is 10.2. The molecule has 0 amide bonds. The molecular weight excluding hydrogens is 1150 g/mol. The SMILES string of the molecule is CCCCCCC(C)O[PH](=O)[O-].CCCCCCC(C)O[PH](=O)[O-].CCCCCCC(C)O[PH](=O)[O-].CCCCCCC(C)O[PH](=O)[O-].CCCCCCC(C)O[PH](=O)[O-].CCCCCCC(C)O[PH](=O)[O-].[Mo+6]. The van der Waals surface area contributed by atoms with Crippen LogP contribution < -0.4 is 29.4 Å². The second-order valence-corrected chi connectivity index (χ2v) is 22.6. The van der Waals surface area contributed by atoms with Gasteiger partial charge in [0, 0.05) is 0 Å². The first kappa shape index (κ1) is 88.4. The largest absolute Gasteiger partial charge is 6.00 e. The molecule has 0 aliphatic carbocycles. The summed E-state index contributed by atoms with van der Waals surface area (Å²) < 4.78 is 88.6. The van der Waals surface area contributed by atoms with Gasteiger partial charge in [0.15, 0.2) is 0 Å². The Labute approximate surface area is 464 Å². The van der Waals surface area contributed by atoms with E-state index in [1.54, 1.807) is 41.5 Å². The molecule has 0 spiro atoms. The van der Waals surface area contributed by atoms with Gasteiger partial charge in [0.2, 0.25) is 0 Å². The van der Waals surface area contributed by atoms with E-state index >= 15 is 0 Å². The molecule has 0 bridgehead atoms. The molecule has 0 rings (SSSR count). The van der Waals surface area contributed by atoms with Crippen molar-refractivity contribution in [1.29, 1.82) is 0 Å². The van der Waals surface area contributed by atoms with Gasteiger partial charge in [-0.3, -0.25) is 0 Å². The zero-order valence-corrected chi connectivity index (χ0v) is 55.4. The molecule has 12 unspecified atom stereocenters. The number of rotatable bonds is 42. The molecule has 0 N–H and O–H groups in total. The molecule has 0 aliphatic rings. The number of hydrogen-bond donors (Lipinski definition) is 0. The number of unbranched alkanes of at least 4 members (excludes halogenated alkanes) is 18. The van der Waals surface area contributed by atoms with Gasteiger partial charge in [-0.1, -0.05) is 196 Å². The van der Waals surface area contributed by atoms with Gasteiger partial charge in [-0.25, -0.2) is 0 Å². The first-order valence-electron chi connectivity index (χ1n) is 27.2. The van der Waals surface area contributed by atoms with Gasteiger partial charge in [-0.05, 0) is 80.1 Å². The predicted molar refractivity (Wildman–Crippen MR) is 290 cm³/mol. The Balaban J connectivity index is -0.000000143. The quantitative estimate of drug-likeness (QED) is 0.0311. The second-order valence-electron chi connectivity index (χ2n) is 18.2. The standard InChI is InChI=1S/6C8H19O3P.Mo/c6*1-3-4-5-6-7-8(2)11-12(9)10;/h6*8,12H,3-7H2,1-2H3,(H,9,10);/q;;;;;;+6/p-6. The Morgan fingerprint density at radius 3 is 0.438 bits per heavy atom. The molecule has 0 radical (unpaired) electrons. The first-order chi connectivity index (χ1) is 34.0. The van der Waals surface area contributed by atoms with Crippen molar-refractivity contribution in [3.05, 3.63) is 0 Å². The van der Waals surface area contributed by atoms with Crippen molar-refractivity contribution in [2.75, 3.05) is 0 Å². The molecule has 0 saturated carbocycles. The molecule has 18 nitrogen and oxygen atoms in total. The van der Waals surface area contributed by atoms with Crippen molar-refractivity contribution >= 4 is 49.5 Å². The van der Waals surface area contributed by atoms with E-state index in [0.717, 1.165) is 77.0 Å². The smallest absolute Gasteiger partial charge is 0.781 e. The summed E-state index contributed by atoms with van der Waals surface area (Å²) in [6, 6.07) is 0. The topological polar surface area (TPSA) is 296 Å². The molecule has 0 aromatic carbocycles. The molecule has 0 aromatic heterocycles. The fourth-order valence-electron chi connectivity index (χ4n) is 6.49. The Morgan fingerprint density at radius 2 is 0.356 bits per heavy atom. The molecule has 73 heavy (non-hydrogen) atoms. The minimum atomic E-state index is -2.98. The van der Waals surface area contributed by atoms with Crippen LogP contribution in [-0.2, 0) is 75.6 Å². The van der Waals surface area contributed by atoms with Gasteiger partial charge in [0.25, 0.3) is 0 Å². The molecule has 0 heterocycles. The van der Waals surface area contributed by atoms with Gasteiger partial charge in [0.1, 0.15) is 49.5 Å². The Morgan fingerprint density at radius 1 is 0.247 bits per heavy atom. The van der Waals surface area contributed by atoms with Crippen LogP contribution in [0.2, 0.25) is 0 Å². The fraction of sp³-hybridized carbons (Fsp3) is 1.00. The van der Waals surface area contributed by atoms with E-state index in [2.05, 4.69) is 68.7 Å². The summed E-state index contributed by atoms with van der Waals surface area (Å²) in [6.07, 6.45) is 32.2. The zero-order valence-electron chi connectivity index (χ0n) is 47.4. The molecule has 25 heteroatoms. The van der Waals surface area contributed by atoms with E-state index in [-0.39, 0.29) is 57.7 Å². The van der Waals surface area contributed by atoms with E-state index in [9.17, 15) is 56.8 Å². The van der Waals surface area contributed by atoms with Crippen molar-refractivity contribution in [3.8, 4) is 0 Å². The van der Waals surface area contributed by atoms with Crippen LogP contribution in [0.4, 0.5) is 0 Å². The molecule has 0 aliphatic heterocycles. The van der Waals surface area contributed by atoms with Crippen molar-refractivity contribution in [2.24, 2.45) is 0 Å². The Bertz CT molecular complexity index is 1010. The Hall–Kier alpha value is 1.59. The van der Waals surface area contributed by atoms with Gasteiger partial charge < -0.3 is 83.9 Å². The third kappa shape index (κ3) is 99.4. The molecule has 444 valence electrons. The van der Waals surface area contributed by atoms with Crippen LogP contribution in [0.15, 0.2) is 0 Å². The van der Waals surface area contributed by atoms with E-state index in [1.165, 1.54) is 116 Å². The summed E-state index contributed by atoms with van der Waals surface area (Å²) in [5, 5.41) is 0. The summed E-state index contributed by atoms with van der Waals surface area (Å²) in [7, 11) is -17.9. The van der Waals surface area contributed by atoms with E-state index in [4.69, 9.17) is 0 Å². The average Bonchev–Trinajstić information content (AvgIpc) is 3.27. The third-order valence-electron chi connectivity index (χ3n) is 10.6.